The summed E-state index contributed by atoms with van der Waals surface area (Å²) in [6.07, 6.45) is 0. The fourth-order valence-electron chi connectivity index (χ4n) is 2.01. The quantitative estimate of drug-likeness (QED) is 0.782. The monoisotopic (exact) mass is 357 g/mol. The Morgan fingerprint density at radius 1 is 1.18 bits per heavy atom. The molecule has 1 N–H and O–H groups in total. The van der Waals surface area contributed by atoms with E-state index in [-0.39, 0.29) is 5.91 Å². The minimum Gasteiger partial charge on any atom is -0.322 e. The minimum atomic E-state index is -0.166. The van der Waals surface area contributed by atoms with E-state index in [0.717, 1.165) is 10.0 Å². The van der Waals surface area contributed by atoms with Gasteiger partial charge in [0.2, 0.25) is 0 Å². The van der Waals surface area contributed by atoms with Gasteiger partial charge in [-0.15, -0.1) is 5.10 Å². The van der Waals surface area contributed by atoms with Crippen LogP contribution in [0.15, 0.2) is 53.0 Å². The molecule has 22 heavy (non-hydrogen) atoms. The van der Waals surface area contributed by atoms with Crippen LogP contribution in [0.5, 0.6) is 0 Å². The fourth-order valence-corrected chi connectivity index (χ4v) is 2.28. The van der Waals surface area contributed by atoms with Crippen molar-refractivity contribution in [3.8, 4) is 11.4 Å². The molecule has 2 aromatic carbocycles. The Kier molecular flexibility index (Phi) is 3.97. The molecule has 1 amide bonds. The lowest BCUT2D eigenvalue weighted by Crippen LogP contribution is -2.11. The first kappa shape index (κ1) is 14.4. The Morgan fingerprint density at radius 2 is 1.95 bits per heavy atom. The van der Waals surface area contributed by atoms with E-state index in [1.54, 1.807) is 23.9 Å². The van der Waals surface area contributed by atoms with Gasteiger partial charge in [-0.05, 0) is 46.8 Å². The Morgan fingerprint density at radius 3 is 2.64 bits per heavy atom. The number of amides is 1. The van der Waals surface area contributed by atoms with Crippen LogP contribution in [0.2, 0.25) is 0 Å². The largest absolute Gasteiger partial charge is 0.322 e. The predicted octanol–water partition coefficient (Wildman–Crippen LogP) is 2.89. The van der Waals surface area contributed by atoms with Crippen molar-refractivity contribution in [2.24, 2.45) is 7.05 Å². The third-order valence-corrected chi connectivity index (χ3v) is 3.63. The van der Waals surface area contributed by atoms with Crippen LogP contribution in [0.4, 0.5) is 5.69 Å². The summed E-state index contributed by atoms with van der Waals surface area (Å²) in [6, 6.07) is 14.6. The van der Waals surface area contributed by atoms with E-state index >= 15 is 0 Å². The summed E-state index contributed by atoms with van der Waals surface area (Å²) in [4.78, 5) is 12.2. The number of anilines is 1. The zero-order valence-electron chi connectivity index (χ0n) is 11.7. The van der Waals surface area contributed by atoms with Crippen molar-refractivity contribution in [3.63, 3.8) is 0 Å². The number of rotatable bonds is 3. The first-order valence-corrected chi connectivity index (χ1v) is 7.32. The molecule has 0 aliphatic heterocycles. The van der Waals surface area contributed by atoms with Crippen LogP contribution in [0, 0.1) is 0 Å². The van der Waals surface area contributed by atoms with E-state index in [4.69, 9.17) is 0 Å². The molecule has 3 rings (SSSR count). The van der Waals surface area contributed by atoms with E-state index in [1.165, 1.54) is 0 Å². The first-order valence-electron chi connectivity index (χ1n) is 6.53. The van der Waals surface area contributed by atoms with E-state index in [1.807, 2.05) is 36.4 Å². The average Bonchev–Trinajstić information content (AvgIpc) is 2.94. The second kappa shape index (κ2) is 6.07. The highest BCUT2D eigenvalue weighted by molar-refractivity contribution is 9.10. The fraction of sp³-hybridized carbons (Fsp3) is 0.0667. The summed E-state index contributed by atoms with van der Waals surface area (Å²) in [6.45, 7) is 0. The lowest BCUT2D eigenvalue weighted by molar-refractivity contribution is 0.102. The van der Waals surface area contributed by atoms with Gasteiger partial charge in [0.15, 0.2) is 5.82 Å². The van der Waals surface area contributed by atoms with Crippen LogP contribution in [-0.2, 0) is 7.05 Å². The maximum absolute atomic E-state index is 12.2. The lowest BCUT2D eigenvalue weighted by atomic mass is 10.1. The zero-order chi connectivity index (χ0) is 15.5. The molecule has 1 heterocycles. The van der Waals surface area contributed by atoms with E-state index < -0.39 is 0 Å². The van der Waals surface area contributed by atoms with Gasteiger partial charge in [0.1, 0.15) is 0 Å². The summed E-state index contributed by atoms with van der Waals surface area (Å²) in [5, 5.41) is 14.2. The molecule has 0 atom stereocenters. The van der Waals surface area contributed by atoms with Crippen molar-refractivity contribution >= 4 is 27.5 Å². The number of benzene rings is 2. The van der Waals surface area contributed by atoms with E-state index in [2.05, 4.69) is 36.8 Å². The van der Waals surface area contributed by atoms with Crippen molar-refractivity contribution < 1.29 is 4.79 Å². The zero-order valence-corrected chi connectivity index (χ0v) is 13.3. The number of hydrogen-bond acceptors (Lipinski definition) is 4. The van der Waals surface area contributed by atoms with Crippen molar-refractivity contribution in [2.45, 2.75) is 0 Å². The van der Waals surface area contributed by atoms with Crippen LogP contribution in [-0.4, -0.2) is 26.1 Å². The Bertz CT molecular complexity index is 813. The second-order valence-corrected chi connectivity index (χ2v) is 5.58. The standard InChI is InChI=1S/C15H12BrN5O/c1-21-14(18-19-20-21)11-3-2-4-13(9-11)17-15(22)10-5-7-12(16)8-6-10/h2-9H,1H3,(H,17,22). The number of tetrazole rings is 1. The van der Waals surface area contributed by atoms with Crippen LogP contribution in [0.3, 0.4) is 0 Å². The third-order valence-electron chi connectivity index (χ3n) is 3.11. The summed E-state index contributed by atoms with van der Waals surface area (Å²) in [5.41, 5.74) is 2.11. The normalized spacial score (nSPS) is 10.5. The van der Waals surface area contributed by atoms with Gasteiger partial charge in [0, 0.05) is 28.3 Å². The molecule has 0 saturated heterocycles. The SMILES string of the molecule is Cn1nnnc1-c1cccc(NC(=O)c2ccc(Br)cc2)c1. The predicted molar refractivity (Wildman–Crippen MR) is 86.3 cm³/mol. The molecule has 0 aliphatic rings. The number of nitrogens with zero attached hydrogens (tertiary/aromatic N) is 4. The minimum absolute atomic E-state index is 0.166. The van der Waals surface area contributed by atoms with Crippen molar-refractivity contribution in [1.29, 1.82) is 0 Å². The Balaban J connectivity index is 1.82. The average molecular weight is 358 g/mol. The van der Waals surface area contributed by atoms with Crippen molar-refractivity contribution in [2.75, 3.05) is 5.32 Å². The van der Waals surface area contributed by atoms with Gasteiger partial charge in [0.25, 0.3) is 5.91 Å². The molecular formula is C15H12BrN5O. The van der Waals surface area contributed by atoms with Gasteiger partial charge in [-0.25, -0.2) is 4.68 Å². The summed E-state index contributed by atoms with van der Waals surface area (Å²) in [7, 11) is 1.77. The molecule has 0 spiro atoms. The molecule has 7 heteroatoms. The van der Waals surface area contributed by atoms with E-state index in [0.29, 0.717) is 17.1 Å². The number of aromatic nitrogens is 4. The lowest BCUT2D eigenvalue weighted by Gasteiger charge is -2.07. The maximum atomic E-state index is 12.2. The number of hydrogen-bond donors (Lipinski definition) is 1. The second-order valence-electron chi connectivity index (χ2n) is 4.67. The topological polar surface area (TPSA) is 72.7 Å². The number of aryl methyl sites for hydroxylation is 1. The number of halogens is 1. The van der Waals surface area contributed by atoms with Gasteiger partial charge in [-0.2, -0.15) is 0 Å². The third kappa shape index (κ3) is 3.04. The highest BCUT2D eigenvalue weighted by Crippen LogP contribution is 2.20. The highest BCUT2D eigenvalue weighted by Gasteiger charge is 2.09. The molecule has 0 saturated carbocycles. The molecule has 0 radical (unpaired) electrons. The summed E-state index contributed by atoms with van der Waals surface area (Å²) in [5.74, 6) is 0.473. The molecule has 0 aliphatic carbocycles. The molecule has 0 fully saturated rings. The Hall–Kier alpha value is -2.54. The van der Waals surface area contributed by atoms with Crippen molar-refractivity contribution in [1.82, 2.24) is 20.2 Å². The molecule has 6 nitrogen and oxygen atoms in total. The molecule has 0 bridgehead atoms. The smallest absolute Gasteiger partial charge is 0.255 e. The van der Waals surface area contributed by atoms with Crippen LogP contribution >= 0.6 is 15.9 Å². The molecule has 0 unspecified atom stereocenters. The molecular weight excluding hydrogens is 346 g/mol. The highest BCUT2D eigenvalue weighted by atomic mass is 79.9. The van der Waals surface area contributed by atoms with Gasteiger partial charge < -0.3 is 5.32 Å². The van der Waals surface area contributed by atoms with Crippen LogP contribution < -0.4 is 5.32 Å². The first-order chi connectivity index (χ1) is 10.6. The molecule has 110 valence electrons. The summed E-state index contributed by atoms with van der Waals surface area (Å²) < 4.78 is 2.51. The summed E-state index contributed by atoms with van der Waals surface area (Å²) >= 11 is 3.35. The van der Waals surface area contributed by atoms with Crippen LogP contribution in [0.25, 0.3) is 11.4 Å². The number of carbonyl (C=O) groups is 1. The van der Waals surface area contributed by atoms with Crippen molar-refractivity contribution in [3.05, 3.63) is 58.6 Å². The van der Waals surface area contributed by atoms with Crippen LogP contribution in [0.1, 0.15) is 10.4 Å². The van der Waals surface area contributed by atoms with Gasteiger partial charge >= 0.3 is 0 Å². The maximum Gasteiger partial charge on any atom is 0.255 e. The van der Waals surface area contributed by atoms with Gasteiger partial charge in [-0.1, -0.05) is 28.1 Å². The molecule has 1 aromatic heterocycles. The number of nitrogens with one attached hydrogen (secondary N) is 1. The van der Waals surface area contributed by atoms with Gasteiger partial charge in [-0.3, -0.25) is 4.79 Å². The van der Waals surface area contributed by atoms with E-state index in [9.17, 15) is 4.79 Å². The van der Waals surface area contributed by atoms with Gasteiger partial charge in [0.05, 0.1) is 0 Å². The molecule has 3 aromatic rings. The number of carbonyl (C=O) groups excluding carboxylic acids is 1. The Labute approximate surface area is 135 Å².